The fourth-order valence-corrected chi connectivity index (χ4v) is 4.53. The SMILES string of the molecule is COC(=O)c1ccc(C(=O)OC)c(NC(=O)c2ccc(Cl)c(S(=O)(=O)Nc3ccccc3)c2)c1. The van der Waals surface area contributed by atoms with E-state index >= 15 is 0 Å². The smallest absolute Gasteiger partial charge is 0.339 e. The highest BCUT2D eigenvalue weighted by Gasteiger charge is 2.22. The Labute approximate surface area is 200 Å². The minimum Gasteiger partial charge on any atom is -0.465 e. The van der Waals surface area contributed by atoms with Crippen molar-refractivity contribution in [3.63, 3.8) is 0 Å². The van der Waals surface area contributed by atoms with Gasteiger partial charge >= 0.3 is 11.9 Å². The average molecular weight is 503 g/mol. The lowest BCUT2D eigenvalue weighted by molar-refractivity contribution is 0.0587. The van der Waals surface area contributed by atoms with Gasteiger partial charge in [0.1, 0.15) is 4.90 Å². The number of carbonyl (C=O) groups excluding carboxylic acids is 3. The van der Waals surface area contributed by atoms with E-state index in [-0.39, 0.29) is 32.3 Å². The molecule has 0 heterocycles. The van der Waals surface area contributed by atoms with Crippen molar-refractivity contribution in [2.75, 3.05) is 24.3 Å². The summed E-state index contributed by atoms with van der Waals surface area (Å²) in [5.74, 6) is -2.18. The van der Waals surface area contributed by atoms with Gasteiger partial charge in [0.15, 0.2) is 0 Å². The Morgan fingerprint density at radius 2 is 1.47 bits per heavy atom. The number of hydrogen-bond acceptors (Lipinski definition) is 7. The van der Waals surface area contributed by atoms with Gasteiger partial charge in [-0.15, -0.1) is 0 Å². The molecule has 0 fully saturated rings. The fourth-order valence-electron chi connectivity index (χ4n) is 2.94. The third kappa shape index (κ3) is 5.53. The lowest BCUT2D eigenvalue weighted by Gasteiger charge is -2.13. The Kier molecular flexibility index (Phi) is 7.54. The Morgan fingerprint density at radius 3 is 2.12 bits per heavy atom. The molecule has 34 heavy (non-hydrogen) atoms. The lowest BCUT2D eigenvalue weighted by atomic mass is 10.1. The normalized spacial score (nSPS) is 10.8. The zero-order chi connectivity index (χ0) is 24.9. The van der Waals surface area contributed by atoms with Crippen molar-refractivity contribution >= 4 is 50.8 Å². The number of ether oxygens (including phenoxy) is 2. The van der Waals surface area contributed by atoms with Crippen molar-refractivity contribution in [3.8, 4) is 0 Å². The topological polar surface area (TPSA) is 128 Å². The van der Waals surface area contributed by atoms with Gasteiger partial charge < -0.3 is 14.8 Å². The van der Waals surface area contributed by atoms with Crippen LogP contribution in [0.4, 0.5) is 11.4 Å². The fraction of sp³-hybridized carbons (Fsp3) is 0.0870. The number of nitrogens with one attached hydrogen (secondary N) is 2. The predicted octanol–water partition coefficient (Wildman–Crippen LogP) is 3.97. The van der Waals surface area contributed by atoms with E-state index in [0.717, 1.165) is 13.2 Å². The van der Waals surface area contributed by atoms with Gasteiger partial charge in [-0.1, -0.05) is 29.8 Å². The van der Waals surface area contributed by atoms with Crippen LogP contribution in [0.5, 0.6) is 0 Å². The van der Waals surface area contributed by atoms with Crippen molar-refractivity contribution in [2.45, 2.75) is 4.90 Å². The molecule has 3 aromatic rings. The molecule has 11 heteroatoms. The predicted molar refractivity (Wildman–Crippen MR) is 126 cm³/mol. The summed E-state index contributed by atoms with van der Waals surface area (Å²) in [5, 5.41) is 2.41. The molecule has 0 atom stereocenters. The maximum atomic E-state index is 12.9. The van der Waals surface area contributed by atoms with E-state index < -0.39 is 27.9 Å². The summed E-state index contributed by atoms with van der Waals surface area (Å²) in [6.45, 7) is 0. The van der Waals surface area contributed by atoms with E-state index in [0.29, 0.717) is 5.69 Å². The van der Waals surface area contributed by atoms with E-state index in [1.54, 1.807) is 30.3 Å². The van der Waals surface area contributed by atoms with Crippen LogP contribution in [0.15, 0.2) is 71.6 Å². The maximum absolute atomic E-state index is 12.9. The standard InChI is InChI=1S/C23H19ClN2O7S/c1-32-22(28)15-8-10-17(23(29)33-2)19(12-15)25-21(27)14-9-11-18(24)20(13-14)34(30,31)26-16-6-4-3-5-7-16/h3-13,26H,1-2H3,(H,25,27). The number of benzene rings is 3. The zero-order valence-electron chi connectivity index (χ0n) is 18.0. The number of rotatable bonds is 7. The Balaban J connectivity index is 1.96. The van der Waals surface area contributed by atoms with Gasteiger partial charge in [0.2, 0.25) is 0 Å². The highest BCUT2D eigenvalue weighted by Crippen LogP contribution is 2.26. The molecule has 3 aromatic carbocycles. The monoisotopic (exact) mass is 502 g/mol. The van der Waals surface area contributed by atoms with Crippen LogP contribution >= 0.6 is 11.6 Å². The summed E-state index contributed by atoms with van der Waals surface area (Å²) in [4.78, 5) is 36.6. The third-order valence-corrected chi connectivity index (χ3v) is 6.47. The molecule has 1 amide bonds. The largest absolute Gasteiger partial charge is 0.465 e. The lowest BCUT2D eigenvalue weighted by Crippen LogP contribution is -2.18. The first-order valence-electron chi connectivity index (χ1n) is 9.65. The Hall–Kier alpha value is -3.89. The summed E-state index contributed by atoms with van der Waals surface area (Å²) in [6.07, 6.45) is 0. The number of amides is 1. The number of halogens is 1. The van der Waals surface area contributed by atoms with E-state index in [1.165, 1.54) is 37.4 Å². The average Bonchev–Trinajstić information content (AvgIpc) is 2.83. The van der Waals surface area contributed by atoms with Crippen LogP contribution in [-0.2, 0) is 19.5 Å². The quantitative estimate of drug-likeness (QED) is 0.468. The molecule has 0 saturated carbocycles. The van der Waals surface area contributed by atoms with Crippen molar-refractivity contribution in [1.82, 2.24) is 0 Å². The number of hydrogen-bond donors (Lipinski definition) is 2. The van der Waals surface area contributed by atoms with Crippen LogP contribution in [0.2, 0.25) is 5.02 Å². The van der Waals surface area contributed by atoms with Crippen molar-refractivity contribution in [1.29, 1.82) is 0 Å². The van der Waals surface area contributed by atoms with Crippen LogP contribution in [0.3, 0.4) is 0 Å². The van der Waals surface area contributed by atoms with Crippen LogP contribution in [0.1, 0.15) is 31.1 Å². The molecule has 0 aromatic heterocycles. The summed E-state index contributed by atoms with van der Waals surface area (Å²) in [5.41, 5.74) is 0.294. The van der Waals surface area contributed by atoms with Crippen molar-refractivity contribution in [3.05, 3.63) is 88.4 Å². The van der Waals surface area contributed by atoms with E-state index in [2.05, 4.69) is 14.8 Å². The highest BCUT2D eigenvalue weighted by molar-refractivity contribution is 7.92. The number of carbonyl (C=O) groups is 3. The number of methoxy groups -OCH3 is 2. The van der Waals surface area contributed by atoms with Crippen molar-refractivity contribution < 1.29 is 32.3 Å². The minimum absolute atomic E-state index is 0.0175. The van der Waals surface area contributed by atoms with Gasteiger partial charge in [-0.05, 0) is 48.5 Å². The molecule has 0 spiro atoms. The summed E-state index contributed by atoms with van der Waals surface area (Å²) >= 11 is 6.11. The maximum Gasteiger partial charge on any atom is 0.339 e. The molecular formula is C23H19ClN2O7S. The summed E-state index contributed by atoms with van der Waals surface area (Å²) < 4.78 is 37.5. The number of esters is 2. The molecule has 0 saturated heterocycles. The van der Waals surface area contributed by atoms with Gasteiger partial charge in [0, 0.05) is 11.3 Å². The molecule has 0 radical (unpaired) electrons. The molecule has 9 nitrogen and oxygen atoms in total. The van der Waals surface area contributed by atoms with Gasteiger partial charge in [0.25, 0.3) is 15.9 Å². The molecule has 3 rings (SSSR count). The van der Waals surface area contributed by atoms with E-state index in [9.17, 15) is 22.8 Å². The Bertz CT molecular complexity index is 1360. The summed E-state index contributed by atoms with van der Waals surface area (Å²) in [6, 6.07) is 15.7. The Morgan fingerprint density at radius 1 is 0.824 bits per heavy atom. The number of anilines is 2. The van der Waals surface area contributed by atoms with Crippen LogP contribution in [0.25, 0.3) is 0 Å². The first-order valence-corrected chi connectivity index (χ1v) is 11.5. The molecule has 0 aliphatic rings. The molecule has 2 N–H and O–H groups in total. The second-order valence-electron chi connectivity index (χ2n) is 6.81. The highest BCUT2D eigenvalue weighted by atomic mass is 35.5. The van der Waals surface area contributed by atoms with Gasteiger partial charge in [-0.2, -0.15) is 0 Å². The van der Waals surface area contributed by atoms with Crippen LogP contribution in [0, 0.1) is 0 Å². The summed E-state index contributed by atoms with van der Waals surface area (Å²) in [7, 11) is -1.76. The van der Waals surface area contributed by atoms with Crippen molar-refractivity contribution in [2.24, 2.45) is 0 Å². The van der Waals surface area contributed by atoms with Gasteiger partial charge in [-0.3, -0.25) is 9.52 Å². The molecule has 0 unspecified atom stereocenters. The second-order valence-corrected chi connectivity index (χ2v) is 8.87. The number of sulfonamides is 1. The molecule has 0 bridgehead atoms. The molecular weight excluding hydrogens is 484 g/mol. The first kappa shape index (κ1) is 24.7. The number of para-hydroxylation sites is 1. The first-order chi connectivity index (χ1) is 16.2. The minimum atomic E-state index is -4.12. The van der Waals surface area contributed by atoms with Crippen LogP contribution in [-0.4, -0.2) is 40.5 Å². The van der Waals surface area contributed by atoms with E-state index in [1.807, 2.05) is 0 Å². The third-order valence-electron chi connectivity index (χ3n) is 4.60. The van der Waals surface area contributed by atoms with Gasteiger partial charge in [0.05, 0.1) is 36.1 Å². The molecule has 0 aliphatic heterocycles. The zero-order valence-corrected chi connectivity index (χ0v) is 19.6. The van der Waals surface area contributed by atoms with E-state index in [4.69, 9.17) is 16.3 Å². The molecule has 0 aliphatic carbocycles. The second kappa shape index (κ2) is 10.4. The van der Waals surface area contributed by atoms with Crippen LogP contribution < -0.4 is 10.0 Å². The molecule has 176 valence electrons. The van der Waals surface area contributed by atoms with Gasteiger partial charge in [-0.25, -0.2) is 18.0 Å².